The molecule has 0 radical (unpaired) electrons. The minimum absolute atomic E-state index is 0.00237. The van der Waals surface area contributed by atoms with Gasteiger partial charge in [0.1, 0.15) is 23.7 Å². The fraction of sp³-hybridized carbons (Fsp3) is 0.625. The smallest absolute Gasteiger partial charge is 0.410 e. The van der Waals surface area contributed by atoms with Gasteiger partial charge in [0.25, 0.3) is 0 Å². The number of carbonyl (C=O) groups excluding carboxylic acids is 1. The third-order valence-electron chi connectivity index (χ3n) is 7.46. The van der Waals surface area contributed by atoms with Crippen molar-refractivity contribution in [3.8, 4) is 17.1 Å². The van der Waals surface area contributed by atoms with Gasteiger partial charge in [-0.1, -0.05) is 5.21 Å². The van der Waals surface area contributed by atoms with E-state index in [1.54, 1.807) is 16.6 Å². The van der Waals surface area contributed by atoms with Gasteiger partial charge < -0.3 is 19.5 Å². The zero-order chi connectivity index (χ0) is 23.9. The number of amides is 1. The van der Waals surface area contributed by atoms with Crippen LogP contribution in [0, 0.1) is 18.3 Å². The number of aromatic nitrogens is 4. The molecule has 10 nitrogen and oxygen atoms in total. The normalized spacial score (nSPS) is 22.8. The fourth-order valence-electron chi connectivity index (χ4n) is 5.19. The van der Waals surface area contributed by atoms with Crippen molar-refractivity contribution in [1.29, 1.82) is 0 Å². The average molecular weight is 470 g/mol. The second-order valence-electron chi connectivity index (χ2n) is 10.0. The summed E-state index contributed by atoms with van der Waals surface area (Å²) in [6.07, 6.45) is 5.84. The molecular formula is C24H31N5O5. The van der Waals surface area contributed by atoms with E-state index in [0.717, 1.165) is 44.5 Å². The molecule has 3 fully saturated rings. The highest BCUT2D eigenvalue weighted by Crippen LogP contribution is 2.52. The topological polar surface area (TPSA) is 120 Å². The minimum atomic E-state index is -0.759. The number of carboxylic acids is 1. The molecule has 1 saturated heterocycles. The summed E-state index contributed by atoms with van der Waals surface area (Å²) in [5, 5.41) is 17.4. The van der Waals surface area contributed by atoms with Crippen molar-refractivity contribution in [3.63, 3.8) is 0 Å². The predicted molar refractivity (Wildman–Crippen MR) is 121 cm³/mol. The van der Waals surface area contributed by atoms with Gasteiger partial charge in [0, 0.05) is 26.6 Å². The van der Waals surface area contributed by atoms with Gasteiger partial charge in [0.2, 0.25) is 0 Å². The Labute approximate surface area is 198 Å². The van der Waals surface area contributed by atoms with Gasteiger partial charge in [-0.05, 0) is 68.9 Å². The van der Waals surface area contributed by atoms with E-state index in [-0.39, 0.29) is 31.1 Å². The van der Waals surface area contributed by atoms with Crippen LogP contribution in [0.25, 0.3) is 11.4 Å². The molecule has 1 spiro atoms. The maximum absolute atomic E-state index is 12.5. The Kier molecular flexibility index (Phi) is 5.91. The lowest BCUT2D eigenvalue weighted by Crippen LogP contribution is -2.29. The molecular weight excluding hydrogens is 438 g/mol. The van der Waals surface area contributed by atoms with Crippen LogP contribution in [0.15, 0.2) is 12.1 Å². The number of carboxylic acid groups (broad SMARTS) is 1. The van der Waals surface area contributed by atoms with Crippen molar-refractivity contribution in [1.82, 2.24) is 24.9 Å². The third kappa shape index (κ3) is 4.71. The number of hydrogen-bond donors (Lipinski definition) is 1. The van der Waals surface area contributed by atoms with E-state index in [1.165, 1.54) is 12.8 Å². The lowest BCUT2D eigenvalue weighted by molar-refractivity contribution is -0.138. The molecule has 3 heterocycles. The van der Waals surface area contributed by atoms with Crippen molar-refractivity contribution >= 4 is 12.1 Å². The van der Waals surface area contributed by atoms with E-state index in [2.05, 4.69) is 15.3 Å². The summed E-state index contributed by atoms with van der Waals surface area (Å²) in [5.41, 5.74) is 2.98. The molecule has 10 heteroatoms. The molecule has 2 aliphatic carbocycles. The van der Waals surface area contributed by atoms with E-state index in [1.807, 2.05) is 19.1 Å². The molecule has 1 aliphatic heterocycles. The van der Waals surface area contributed by atoms with Crippen LogP contribution in [0.4, 0.5) is 4.79 Å². The second-order valence-corrected chi connectivity index (χ2v) is 10.0. The van der Waals surface area contributed by atoms with Gasteiger partial charge in [0.05, 0.1) is 17.5 Å². The Morgan fingerprint density at radius 1 is 1.24 bits per heavy atom. The fourth-order valence-corrected chi connectivity index (χ4v) is 5.19. The highest BCUT2D eigenvalue weighted by Gasteiger charge is 2.49. The molecule has 0 aromatic carbocycles. The van der Waals surface area contributed by atoms with E-state index >= 15 is 0 Å². The molecule has 0 unspecified atom stereocenters. The van der Waals surface area contributed by atoms with Crippen molar-refractivity contribution in [2.75, 3.05) is 13.1 Å². The van der Waals surface area contributed by atoms with Crippen LogP contribution in [0.2, 0.25) is 0 Å². The number of rotatable bonds is 7. The largest absolute Gasteiger partial charge is 0.489 e. The number of nitrogens with zero attached hydrogens (tertiary/aromatic N) is 5. The van der Waals surface area contributed by atoms with Gasteiger partial charge in [-0.25, -0.2) is 14.5 Å². The van der Waals surface area contributed by atoms with Gasteiger partial charge in [-0.2, -0.15) is 0 Å². The summed E-state index contributed by atoms with van der Waals surface area (Å²) in [5.74, 6) is 0.0884. The number of carbonyl (C=O) groups is 2. The zero-order valence-corrected chi connectivity index (χ0v) is 19.7. The first-order valence-corrected chi connectivity index (χ1v) is 12.0. The Balaban J connectivity index is 1.22. The van der Waals surface area contributed by atoms with Crippen molar-refractivity contribution in [2.24, 2.45) is 18.4 Å². The Morgan fingerprint density at radius 2 is 2.06 bits per heavy atom. The number of likely N-dealkylation sites (tertiary alicyclic amines) is 1. The standard InChI is InChI=1S/C24H31N5O5/c1-15-20(34-17-4-3-16(11-17)12-21(30)31)6-5-18(25-15)22-19(28(2)27-26-22)13-33-23(32)29-10-9-24(14-29)7-8-24/h5-6,16-17H,3-4,7-14H2,1-2H3,(H,30,31)/t16-,17-/m0/s1. The molecule has 182 valence electrons. The highest BCUT2D eigenvalue weighted by molar-refractivity contribution is 5.68. The molecule has 2 aromatic rings. The van der Waals surface area contributed by atoms with Crippen LogP contribution >= 0.6 is 0 Å². The van der Waals surface area contributed by atoms with E-state index in [4.69, 9.17) is 14.6 Å². The molecule has 2 atom stereocenters. The molecule has 0 bridgehead atoms. The molecule has 3 aliphatic rings. The third-order valence-corrected chi connectivity index (χ3v) is 7.46. The first kappa shape index (κ1) is 22.6. The molecule has 1 N–H and O–H groups in total. The van der Waals surface area contributed by atoms with Crippen molar-refractivity contribution in [2.45, 2.75) is 64.6 Å². The SMILES string of the molecule is Cc1nc(-c2nnn(C)c2COC(=O)N2CCC3(CC3)C2)ccc1O[C@H]1CC[C@H](CC(=O)O)C1. The Hall–Kier alpha value is -3.17. The first-order valence-electron chi connectivity index (χ1n) is 12.0. The maximum atomic E-state index is 12.5. The number of hydrogen-bond acceptors (Lipinski definition) is 7. The first-order chi connectivity index (χ1) is 16.3. The van der Waals surface area contributed by atoms with E-state index in [0.29, 0.717) is 28.2 Å². The molecule has 2 aromatic heterocycles. The van der Waals surface area contributed by atoms with E-state index < -0.39 is 5.97 Å². The van der Waals surface area contributed by atoms with Crippen LogP contribution in [-0.4, -0.2) is 61.2 Å². The summed E-state index contributed by atoms with van der Waals surface area (Å²) in [6, 6.07) is 3.70. The molecule has 34 heavy (non-hydrogen) atoms. The van der Waals surface area contributed by atoms with Gasteiger partial charge in [0.15, 0.2) is 0 Å². The monoisotopic (exact) mass is 469 g/mol. The van der Waals surface area contributed by atoms with E-state index in [9.17, 15) is 9.59 Å². The number of aryl methyl sites for hydroxylation is 2. The zero-order valence-electron chi connectivity index (χ0n) is 19.7. The summed E-state index contributed by atoms with van der Waals surface area (Å²) in [7, 11) is 1.77. The number of ether oxygens (including phenoxy) is 2. The lowest BCUT2D eigenvalue weighted by atomic mass is 10.0. The average Bonchev–Trinajstić information content (AvgIpc) is 3.09. The Bertz CT molecular complexity index is 1100. The molecule has 2 saturated carbocycles. The van der Waals surface area contributed by atoms with Gasteiger partial charge in [-0.3, -0.25) is 4.79 Å². The number of aliphatic carboxylic acids is 1. The van der Waals surface area contributed by atoms with Crippen LogP contribution in [-0.2, 0) is 23.2 Å². The summed E-state index contributed by atoms with van der Waals surface area (Å²) in [4.78, 5) is 30.0. The Morgan fingerprint density at radius 3 is 2.76 bits per heavy atom. The van der Waals surface area contributed by atoms with Crippen molar-refractivity contribution in [3.05, 3.63) is 23.5 Å². The lowest BCUT2D eigenvalue weighted by Gasteiger charge is -2.17. The van der Waals surface area contributed by atoms with Crippen LogP contribution < -0.4 is 4.74 Å². The summed E-state index contributed by atoms with van der Waals surface area (Å²) < 4.78 is 13.3. The van der Waals surface area contributed by atoms with Gasteiger partial charge >= 0.3 is 12.1 Å². The molecule has 1 amide bonds. The number of pyridine rings is 1. The van der Waals surface area contributed by atoms with Gasteiger partial charge in [-0.15, -0.1) is 5.10 Å². The predicted octanol–water partition coefficient (Wildman–Crippen LogP) is 3.33. The maximum Gasteiger partial charge on any atom is 0.410 e. The second kappa shape index (κ2) is 8.88. The quantitative estimate of drug-likeness (QED) is 0.656. The summed E-state index contributed by atoms with van der Waals surface area (Å²) >= 11 is 0. The van der Waals surface area contributed by atoms with Crippen molar-refractivity contribution < 1.29 is 24.2 Å². The van der Waals surface area contributed by atoms with Crippen LogP contribution in [0.3, 0.4) is 0 Å². The minimum Gasteiger partial charge on any atom is -0.489 e. The van der Waals surface area contributed by atoms with Crippen LogP contribution in [0.5, 0.6) is 5.75 Å². The highest BCUT2D eigenvalue weighted by atomic mass is 16.6. The summed E-state index contributed by atoms with van der Waals surface area (Å²) in [6.45, 7) is 3.50. The molecule has 5 rings (SSSR count). The van der Waals surface area contributed by atoms with Crippen LogP contribution in [0.1, 0.15) is 56.3 Å².